The Balaban J connectivity index is 3.38. The lowest BCUT2D eigenvalue weighted by atomic mass is 10.1. The van der Waals surface area contributed by atoms with Crippen LogP contribution in [0.15, 0.2) is 47.8 Å². The monoisotopic (exact) mass is 268 g/mol. The number of hydrogen-bond donors (Lipinski definition) is 1. The highest BCUT2D eigenvalue weighted by Crippen LogP contribution is 2.30. The number of halogens is 2. The van der Waals surface area contributed by atoms with Crippen LogP contribution in [0.25, 0.3) is 5.57 Å². The van der Waals surface area contributed by atoms with Gasteiger partial charge in [0.25, 0.3) is 0 Å². The van der Waals surface area contributed by atoms with Gasteiger partial charge < -0.3 is 5.73 Å². The van der Waals surface area contributed by atoms with Gasteiger partial charge in [0.05, 0.1) is 10.1 Å². The largest absolute Gasteiger partial charge is 0.382 e. The lowest BCUT2D eigenvalue weighted by Gasteiger charge is -2.06. The van der Waals surface area contributed by atoms with Crippen LogP contribution in [0, 0.1) is 0 Å². The first-order valence-electron chi connectivity index (χ1n) is 4.56. The first-order chi connectivity index (χ1) is 8.11. The SMILES string of the molecule is C=C/C=C(Cl)\C(Cl)=C(/C=C)c1nncnc1N. The molecule has 0 unspecified atom stereocenters. The normalized spacial score (nSPS) is 12.9. The van der Waals surface area contributed by atoms with E-state index in [1.807, 2.05) is 0 Å². The second kappa shape index (κ2) is 6.18. The maximum absolute atomic E-state index is 6.09. The zero-order chi connectivity index (χ0) is 12.8. The summed E-state index contributed by atoms with van der Waals surface area (Å²) in [4.78, 5) is 3.82. The standard InChI is InChI=1S/C11H10Cl2N4/c1-3-5-8(12)9(13)7(4-2)10-11(14)15-6-16-17-10/h3-6H,1-2H2,(H2,14,15,16)/b8-5+,9-7-. The molecular formula is C11H10Cl2N4. The van der Waals surface area contributed by atoms with Gasteiger partial charge in [-0.2, -0.15) is 0 Å². The molecule has 1 heterocycles. The van der Waals surface area contributed by atoms with Crippen LogP contribution in [-0.4, -0.2) is 15.2 Å². The average molecular weight is 269 g/mol. The van der Waals surface area contributed by atoms with Gasteiger partial charge in [-0.1, -0.05) is 48.5 Å². The molecule has 6 heteroatoms. The van der Waals surface area contributed by atoms with Gasteiger partial charge in [-0.25, -0.2) is 4.98 Å². The summed E-state index contributed by atoms with van der Waals surface area (Å²) in [5.41, 5.74) is 6.47. The Labute approximate surface area is 109 Å². The number of nitrogens with zero attached hydrogens (tertiary/aromatic N) is 3. The molecule has 0 atom stereocenters. The third kappa shape index (κ3) is 3.15. The second-order valence-corrected chi connectivity index (χ2v) is 3.66. The number of aromatic nitrogens is 3. The van der Waals surface area contributed by atoms with Gasteiger partial charge in [0.2, 0.25) is 0 Å². The van der Waals surface area contributed by atoms with Gasteiger partial charge in [-0.15, -0.1) is 10.2 Å². The fraction of sp³-hybridized carbons (Fsp3) is 0. The van der Waals surface area contributed by atoms with Gasteiger partial charge in [0, 0.05) is 5.57 Å². The lowest BCUT2D eigenvalue weighted by Crippen LogP contribution is -2.02. The fourth-order valence-corrected chi connectivity index (χ4v) is 1.49. The molecule has 0 saturated heterocycles. The van der Waals surface area contributed by atoms with E-state index in [1.54, 1.807) is 6.08 Å². The van der Waals surface area contributed by atoms with E-state index in [2.05, 4.69) is 28.3 Å². The van der Waals surface area contributed by atoms with Crippen molar-refractivity contribution in [3.8, 4) is 0 Å². The summed E-state index contributed by atoms with van der Waals surface area (Å²) in [5.74, 6) is 0.205. The molecule has 0 aliphatic heterocycles. The van der Waals surface area contributed by atoms with Crippen molar-refractivity contribution in [2.45, 2.75) is 0 Å². The average Bonchev–Trinajstić information content (AvgIpc) is 2.32. The van der Waals surface area contributed by atoms with E-state index in [1.165, 1.54) is 18.5 Å². The van der Waals surface area contributed by atoms with Crippen LogP contribution in [0.1, 0.15) is 5.69 Å². The predicted octanol–water partition coefficient (Wildman–Crippen LogP) is 2.90. The van der Waals surface area contributed by atoms with Crippen LogP contribution in [-0.2, 0) is 0 Å². The molecule has 0 aromatic carbocycles. The zero-order valence-electron chi connectivity index (χ0n) is 8.90. The van der Waals surface area contributed by atoms with Gasteiger partial charge >= 0.3 is 0 Å². The Morgan fingerprint density at radius 2 is 2.06 bits per heavy atom. The first kappa shape index (κ1) is 13.4. The summed E-state index contributed by atoms with van der Waals surface area (Å²) in [6.07, 6.45) is 5.80. The summed E-state index contributed by atoms with van der Waals surface area (Å²) in [5, 5.41) is 8.05. The topological polar surface area (TPSA) is 64.7 Å². The molecule has 0 spiro atoms. The highest BCUT2D eigenvalue weighted by molar-refractivity contribution is 6.46. The molecule has 0 aliphatic carbocycles. The Morgan fingerprint density at radius 3 is 2.59 bits per heavy atom. The van der Waals surface area contributed by atoms with E-state index >= 15 is 0 Å². The van der Waals surface area contributed by atoms with E-state index in [9.17, 15) is 0 Å². The minimum Gasteiger partial charge on any atom is -0.382 e. The molecule has 1 rings (SSSR count). The molecule has 1 aromatic heterocycles. The van der Waals surface area contributed by atoms with E-state index < -0.39 is 0 Å². The molecule has 0 amide bonds. The molecule has 0 saturated carbocycles. The Bertz CT molecular complexity index is 506. The molecule has 0 fully saturated rings. The number of nitrogens with two attached hydrogens (primary N) is 1. The quantitative estimate of drug-likeness (QED) is 0.853. The Kier molecular flexibility index (Phi) is 4.87. The van der Waals surface area contributed by atoms with Crippen molar-refractivity contribution in [2.24, 2.45) is 0 Å². The van der Waals surface area contributed by atoms with Crippen LogP contribution in [0.4, 0.5) is 5.82 Å². The number of nitrogen functional groups attached to an aromatic ring is 1. The van der Waals surface area contributed by atoms with Gasteiger partial charge in [-0.05, 0) is 6.08 Å². The summed E-state index contributed by atoms with van der Waals surface area (Å²) in [6, 6.07) is 0. The smallest absolute Gasteiger partial charge is 0.153 e. The van der Waals surface area contributed by atoms with Crippen molar-refractivity contribution in [2.75, 3.05) is 5.73 Å². The molecule has 0 aliphatic rings. The summed E-state index contributed by atoms with van der Waals surface area (Å²) in [6.45, 7) is 7.16. The van der Waals surface area contributed by atoms with Crippen molar-refractivity contribution in [3.05, 3.63) is 53.5 Å². The first-order valence-corrected chi connectivity index (χ1v) is 5.31. The molecule has 17 heavy (non-hydrogen) atoms. The van der Waals surface area contributed by atoms with Crippen LogP contribution < -0.4 is 5.73 Å². The maximum Gasteiger partial charge on any atom is 0.153 e. The van der Waals surface area contributed by atoms with Crippen molar-refractivity contribution in [1.29, 1.82) is 0 Å². The fourth-order valence-electron chi connectivity index (χ4n) is 1.07. The van der Waals surface area contributed by atoms with Crippen molar-refractivity contribution < 1.29 is 0 Å². The minimum absolute atomic E-state index is 0.205. The third-order valence-corrected chi connectivity index (χ3v) is 2.64. The number of anilines is 1. The molecule has 2 N–H and O–H groups in total. The predicted molar refractivity (Wildman–Crippen MR) is 71.3 cm³/mol. The van der Waals surface area contributed by atoms with Crippen molar-refractivity contribution in [3.63, 3.8) is 0 Å². The lowest BCUT2D eigenvalue weighted by molar-refractivity contribution is 0.960. The maximum atomic E-state index is 6.09. The van der Waals surface area contributed by atoms with Crippen LogP contribution in [0.2, 0.25) is 0 Å². The second-order valence-electron chi connectivity index (χ2n) is 2.88. The van der Waals surface area contributed by atoms with Crippen molar-refractivity contribution in [1.82, 2.24) is 15.2 Å². The van der Waals surface area contributed by atoms with Crippen LogP contribution in [0.3, 0.4) is 0 Å². The zero-order valence-corrected chi connectivity index (χ0v) is 10.4. The van der Waals surface area contributed by atoms with E-state index in [4.69, 9.17) is 28.9 Å². The minimum atomic E-state index is 0.205. The van der Waals surface area contributed by atoms with Gasteiger partial charge in [-0.3, -0.25) is 0 Å². The van der Waals surface area contributed by atoms with Gasteiger partial charge in [0.15, 0.2) is 5.82 Å². The molecule has 88 valence electrons. The summed E-state index contributed by atoms with van der Waals surface area (Å²) >= 11 is 12.0. The van der Waals surface area contributed by atoms with E-state index in [0.29, 0.717) is 16.3 Å². The number of hydrogen-bond acceptors (Lipinski definition) is 4. The summed E-state index contributed by atoms with van der Waals surface area (Å²) in [7, 11) is 0. The molecule has 4 nitrogen and oxygen atoms in total. The van der Waals surface area contributed by atoms with Crippen molar-refractivity contribution >= 4 is 34.6 Å². The Morgan fingerprint density at radius 1 is 1.35 bits per heavy atom. The molecule has 0 radical (unpaired) electrons. The number of allylic oxidation sites excluding steroid dienone is 6. The van der Waals surface area contributed by atoms with Crippen LogP contribution >= 0.6 is 23.2 Å². The highest BCUT2D eigenvalue weighted by atomic mass is 35.5. The summed E-state index contributed by atoms with van der Waals surface area (Å²) < 4.78 is 0. The van der Waals surface area contributed by atoms with Crippen LogP contribution in [0.5, 0.6) is 0 Å². The molecular weight excluding hydrogens is 259 g/mol. The molecule has 0 bridgehead atoms. The Hall–Kier alpha value is -1.65. The van der Waals surface area contributed by atoms with E-state index in [0.717, 1.165) is 0 Å². The molecule has 1 aromatic rings. The van der Waals surface area contributed by atoms with E-state index in [-0.39, 0.29) is 10.9 Å². The van der Waals surface area contributed by atoms with Gasteiger partial charge in [0.1, 0.15) is 12.0 Å². The third-order valence-electron chi connectivity index (χ3n) is 1.82. The highest BCUT2D eigenvalue weighted by Gasteiger charge is 2.12. The number of rotatable bonds is 4.